The number of nitrogens with zero attached hydrogens (tertiary/aromatic N) is 1. The van der Waals surface area contributed by atoms with Crippen LogP contribution in [-0.2, 0) is 9.59 Å². The highest BCUT2D eigenvalue weighted by Gasteiger charge is 2.19. The first-order valence-electron chi connectivity index (χ1n) is 7.39. The van der Waals surface area contributed by atoms with E-state index >= 15 is 0 Å². The van der Waals surface area contributed by atoms with Gasteiger partial charge in [0.25, 0.3) is 0 Å². The van der Waals surface area contributed by atoms with Gasteiger partial charge in [0.2, 0.25) is 11.8 Å². The summed E-state index contributed by atoms with van der Waals surface area (Å²) in [5.74, 6) is 0.501. The van der Waals surface area contributed by atoms with Crippen LogP contribution in [0, 0.1) is 0 Å². The van der Waals surface area contributed by atoms with Gasteiger partial charge in [-0.25, -0.2) is 0 Å². The fraction of sp³-hybridized carbons (Fsp3) is 0.500. The van der Waals surface area contributed by atoms with Crippen LogP contribution in [0.25, 0.3) is 0 Å². The molecule has 6 nitrogen and oxygen atoms in total. The number of nitrogens with one attached hydrogen (secondary N) is 2. The van der Waals surface area contributed by atoms with Gasteiger partial charge < -0.3 is 15.4 Å². The van der Waals surface area contributed by atoms with Crippen LogP contribution in [0.1, 0.15) is 20.3 Å². The molecule has 2 amide bonds. The third kappa shape index (κ3) is 5.73. The monoisotopic (exact) mass is 307 g/mol. The fourth-order valence-corrected chi connectivity index (χ4v) is 1.83. The first-order chi connectivity index (χ1) is 10.5. The zero-order valence-corrected chi connectivity index (χ0v) is 13.7. The highest BCUT2D eigenvalue weighted by Crippen LogP contribution is 2.14. The topological polar surface area (TPSA) is 70.7 Å². The summed E-state index contributed by atoms with van der Waals surface area (Å²) in [6.07, 6.45) is 0.889. The van der Waals surface area contributed by atoms with Crippen LogP contribution in [0.3, 0.4) is 0 Å². The number of likely N-dealkylation sites (N-methyl/N-ethyl adjacent to an activating group) is 1. The Morgan fingerprint density at radius 3 is 2.45 bits per heavy atom. The lowest BCUT2D eigenvalue weighted by Crippen LogP contribution is -2.46. The molecule has 122 valence electrons. The predicted octanol–water partition coefficient (Wildman–Crippen LogP) is 1.48. The molecule has 0 radical (unpaired) electrons. The van der Waals surface area contributed by atoms with Crippen molar-refractivity contribution >= 4 is 17.5 Å². The van der Waals surface area contributed by atoms with E-state index in [9.17, 15) is 9.59 Å². The van der Waals surface area contributed by atoms with Crippen molar-refractivity contribution in [3.8, 4) is 5.75 Å². The van der Waals surface area contributed by atoms with Crippen LogP contribution in [-0.4, -0.2) is 50.0 Å². The van der Waals surface area contributed by atoms with Crippen molar-refractivity contribution in [1.82, 2.24) is 10.2 Å². The molecule has 0 aliphatic rings. The number of carbonyl (C=O) groups is 2. The maximum absolute atomic E-state index is 12.0. The summed E-state index contributed by atoms with van der Waals surface area (Å²) in [7, 11) is 3.34. The van der Waals surface area contributed by atoms with E-state index in [1.165, 1.54) is 0 Å². The molecule has 1 atom stereocenters. The number of benzene rings is 1. The lowest BCUT2D eigenvalue weighted by Gasteiger charge is -2.23. The van der Waals surface area contributed by atoms with Gasteiger partial charge in [-0.2, -0.15) is 0 Å². The quantitative estimate of drug-likeness (QED) is 0.763. The van der Waals surface area contributed by atoms with Gasteiger partial charge in [-0.15, -0.1) is 0 Å². The third-order valence-electron chi connectivity index (χ3n) is 3.36. The highest BCUT2D eigenvalue weighted by atomic mass is 16.5. The summed E-state index contributed by atoms with van der Waals surface area (Å²) < 4.78 is 5.06. The summed E-state index contributed by atoms with van der Waals surface area (Å²) >= 11 is 0. The van der Waals surface area contributed by atoms with Gasteiger partial charge in [-0.3, -0.25) is 14.5 Å². The fourth-order valence-electron chi connectivity index (χ4n) is 1.83. The largest absolute Gasteiger partial charge is 0.497 e. The summed E-state index contributed by atoms with van der Waals surface area (Å²) in [4.78, 5) is 25.6. The Kier molecular flexibility index (Phi) is 7.39. The Morgan fingerprint density at radius 1 is 1.27 bits per heavy atom. The number of methoxy groups -OCH3 is 1. The minimum Gasteiger partial charge on any atom is -0.497 e. The molecule has 1 unspecified atom stereocenters. The van der Waals surface area contributed by atoms with Crippen molar-refractivity contribution < 1.29 is 14.3 Å². The molecule has 1 aromatic rings. The molecular weight excluding hydrogens is 282 g/mol. The Balaban J connectivity index is 2.47. The maximum Gasteiger partial charge on any atom is 0.238 e. The van der Waals surface area contributed by atoms with Crippen LogP contribution in [0.4, 0.5) is 5.69 Å². The molecule has 0 aliphatic heterocycles. The van der Waals surface area contributed by atoms with Crippen molar-refractivity contribution in [2.75, 3.05) is 32.6 Å². The van der Waals surface area contributed by atoms with Crippen LogP contribution in [0.2, 0.25) is 0 Å². The Hall–Kier alpha value is -2.08. The maximum atomic E-state index is 12.0. The molecule has 6 heteroatoms. The minimum absolute atomic E-state index is 0.0680. The number of hydrogen-bond donors (Lipinski definition) is 2. The average Bonchev–Trinajstić information content (AvgIpc) is 2.52. The van der Waals surface area contributed by atoms with Gasteiger partial charge in [-0.05, 0) is 44.7 Å². The van der Waals surface area contributed by atoms with Crippen molar-refractivity contribution in [1.29, 1.82) is 0 Å². The molecule has 0 heterocycles. The lowest BCUT2D eigenvalue weighted by molar-refractivity contribution is -0.126. The highest BCUT2D eigenvalue weighted by molar-refractivity contribution is 5.92. The molecule has 1 rings (SSSR count). The first kappa shape index (κ1) is 18.0. The normalized spacial score (nSPS) is 11.9. The van der Waals surface area contributed by atoms with Crippen LogP contribution in [0.5, 0.6) is 5.75 Å². The van der Waals surface area contributed by atoms with Crippen molar-refractivity contribution in [3.63, 3.8) is 0 Å². The predicted molar refractivity (Wildman–Crippen MR) is 87.0 cm³/mol. The van der Waals surface area contributed by atoms with Gasteiger partial charge >= 0.3 is 0 Å². The molecule has 0 aromatic heterocycles. The Bertz CT molecular complexity index is 488. The van der Waals surface area contributed by atoms with E-state index in [0.29, 0.717) is 12.2 Å². The lowest BCUT2D eigenvalue weighted by atomic mass is 10.2. The standard InChI is InChI=1S/C16H25N3O3/c1-5-10-17-16(21)12(2)19(3)11-15(20)18-13-6-8-14(22-4)9-7-13/h6-9,12H,5,10-11H2,1-4H3,(H,17,21)(H,18,20). The summed E-state index contributed by atoms with van der Waals surface area (Å²) in [6, 6.07) is 6.75. The van der Waals surface area contributed by atoms with E-state index in [0.717, 1.165) is 12.2 Å². The number of hydrogen-bond acceptors (Lipinski definition) is 4. The summed E-state index contributed by atoms with van der Waals surface area (Å²) in [5.41, 5.74) is 0.697. The number of amides is 2. The van der Waals surface area contributed by atoms with E-state index in [4.69, 9.17) is 4.74 Å². The summed E-state index contributed by atoms with van der Waals surface area (Å²) in [5, 5.41) is 5.62. The molecule has 0 spiro atoms. The van der Waals surface area contributed by atoms with Crippen molar-refractivity contribution in [2.45, 2.75) is 26.3 Å². The van der Waals surface area contributed by atoms with Crippen LogP contribution < -0.4 is 15.4 Å². The molecular formula is C16H25N3O3. The molecule has 22 heavy (non-hydrogen) atoms. The van der Waals surface area contributed by atoms with E-state index in [-0.39, 0.29) is 24.4 Å². The van der Waals surface area contributed by atoms with Gasteiger partial charge in [0, 0.05) is 12.2 Å². The number of ether oxygens (including phenoxy) is 1. The van der Waals surface area contributed by atoms with Gasteiger partial charge in [0.1, 0.15) is 5.75 Å². The second kappa shape index (κ2) is 9.04. The molecule has 0 fully saturated rings. The van der Waals surface area contributed by atoms with E-state index in [1.54, 1.807) is 50.2 Å². The van der Waals surface area contributed by atoms with Crippen molar-refractivity contribution in [2.24, 2.45) is 0 Å². The molecule has 0 bridgehead atoms. The van der Waals surface area contributed by atoms with Crippen LogP contribution >= 0.6 is 0 Å². The number of anilines is 1. The van der Waals surface area contributed by atoms with Crippen LogP contribution in [0.15, 0.2) is 24.3 Å². The van der Waals surface area contributed by atoms with Crippen molar-refractivity contribution in [3.05, 3.63) is 24.3 Å². The molecule has 0 saturated heterocycles. The molecule has 0 saturated carbocycles. The second-order valence-corrected chi connectivity index (χ2v) is 5.16. The van der Waals surface area contributed by atoms with E-state index in [2.05, 4.69) is 10.6 Å². The van der Waals surface area contributed by atoms with Gasteiger partial charge in [-0.1, -0.05) is 6.92 Å². The second-order valence-electron chi connectivity index (χ2n) is 5.16. The zero-order valence-electron chi connectivity index (χ0n) is 13.7. The Labute approximate surface area is 131 Å². The van der Waals surface area contributed by atoms with E-state index < -0.39 is 0 Å². The molecule has 1 aromatic carbocycles. The van der Waals surface area contributed by atoms with E-state index in [1.807, 2.05) is 6.92 Å². The smallest absolute Gasteiger partial charge is 0.238 e. The SMILES string of the molecule is CCCNC(=O)C(C)N(C)CC(=O)Nc1ccc(OC)cc1. The number of rotatable bonds is 8. The first-order valence-corrected chi connectivity index (χ1v) is 7.39. The third-order valence-corrected chi connectivity index (χ3v) is 3.36. The summed E-state index contributed by atoms with van der Waals surface area (Å²) in [6.45, 7) is 4.57. The molecule has 0 aliphatic carbocycles. The Morgan fingerprint density at radius 2 is 1.91 bits per heavy atom. The zero-order chi connectivity index (χ0) is 16.5. The average molecular weight is 307 g/mol. The van der Waals surface area contributed by atoms with Gasteiger partial charge in [0.05, 0.1) is 19.7 Å². The van der Waals surface area contributed by atoms with Gasteiger partial charge in [0.15, 0.2) is 0 Å². The minimum atomic E-state index is -0.354. The number of carbonyl (C=O) groups excluding carboxylic acids is 2. The molecule has 2 N–H and O–H groups in total.